The van der Waals surface area contributed by atoms with Gasteiger partial charge in [-0.05, 0) is 18.2 Å². The van der Waals surface area contributed by atoms with E-state index in [2.05, 4.69) is 0 Å². The fraction of sp³-hybridized carbons (Fsp3) is 0.400. The summed E-state index contributed by atoms with van der Waals surface area (Å²) in [5.41, 5.74) is -0.0780. The summed E-state index contributed by atoms with van der Waals surface area (Å²) in [5.74, 6) is -2.42. The maximum absolute atomic E-state index is 13.2. The first kappa shape index (κ1) is 11.2. The van der Waals surface area contributed by atoms with E-state index < -0.39 is 5.92 Å². The molecule has 0 fully saturated rings. The number of methoxy groups -OCH3 is 1. The quantitative estimate of drug-likeness (QED) is 0.752. The smallest absolute Gasteiger partial charge is 0.273 e. The third-order valence-electron chi connectivity index (χ3n) is 2.02. The van der Waals surface area contributed by atoms with Crippen LogP contribution < -0.4 is 4.74 Å². The Balaban J connectivity index is 3.08. The molecule has 0 bridgehead atoms. The van der Waals surface area contributed by atoms with Gasteiger partial charge in [0.1, 0.15) is 5.75 Å². The lowest BCUT2D eigenvalue weighted by molar-refractivity contribution is -0.00830. The molecular formula is C10H11ClF2O. The molecular weight excluding hydrogens is 210 g/mol. The monoisotopic (exact) mass is 220 g/mol. The van der Waals surface area contributed by atoms with Crippen molar-refractivity contribution in [3.63, 3.8) is 0 Å². The fourth-order valence-corrected chi connectivity index (χ4v) is 1.36. The lowest BCUT2D eigenvalue weighted by atomic mass is 10.1. The molecule has 4 heteroatoms. The average molecular weight is 221 g/mol. The zero-order valence-corrected chi connectivity index (χ0v) is 8.74. The van der Waals surface area contributed by atoms with E-state index >= 15 is 0 Å². The van der Waals surface area contributed by atoms with Gasteiger partial charge in [0.25, 0.3) is 5.92 Å². The van der Waals surface area contributed by atoms with Crippen molar-refractivity contribution < 1.29 is 13.5 Å². The van der Waals surface area contributed by atoms with Gasteiger partial charge < -0.3 is 4.74 Å². The van der Waals surface area contributed by atoms with Crippen molar-refractivity contribution in [2.45, 2.75) is 19.3 Å². The van der Waals surface area contributed by atoms with Gasteiger partial charge >= 0.3 is 0 Å². The molecule has 78 valence electrons. The van der Waals surface area contributed by atoms with E-state index in [0.29, 0.717) is 5.75 Å². The first-order valence-electron chi connectivity index (χ1n) is 4.23. The Kier molecular flexibility index (Phi) is 3.32. The molecule has 0 aromatic heterocycles. The number of benzene rings is 1. The number of halogens is 3. The van der Waals surface area contributed by atoms with E-state index in [1.807, 2.05) is 0 Å². The number of hydrogen-bond acceptors (Lipinski definition) is 1. The molecule has 0 saturated heterocycles. The molecule has 0 amide bonds. The fourth-order valence-electron chi connectivity index (χ4n) is 1.10. The van der Waals surface area contributed by atoms with E-state index in [-0.39, 0.29) is 17.0 Å². The minimum Gasteiger partial charge on any atom is -0.495 e. The Morgan fingerprint density at radius 1 is 1.43 bits per heavy atom. The largest absolute Gasteiger partial charge is 0.495 e. The predicted octanol–water partition coefficient (Wildman–Crippen LogP) is 3.85. The summed E-state index contributed by atoms with van der Waals surface area (Å²) in [5, 5.41) is 0.207. The van der Waals surface area contributed by atoms with Gasteiger partial charge in [0, 0.05) is 12.0 Å². The van der Waals surface area contributed by atoms with Crippen molar-refractivity contribution in [1.29, 1.82) is 0 Å². The van der Waals surface area contributed by atoms with Gasteiger partial charge in [-0.1, -0.05) is 18.5 Å². The predicted molar refractivity (Wildman–Crippen MR) is 52.2 cm³/mol. The zero-order chi connectivity index (χ0) is 10.8. The van der Waals surface area contributed by atoms with Crippen molar-refractivity contribution >= 4 is 11.6 Å². The van der Waals surface area contributed by atoms with Crippen LogP contribution in [-0.4, -0.2) is 7.11 Å². The molecule has 1 nitrogen and oxygen atoms in total. The molecule has 0 N–H and O–H groups in total. The molecule has 0 unspecified atom stereocenters. The van der Waals surface area contributed by atoms with Gasteiger partial charge in [0.15, 0.2) is 0 Å². The van der Waals surface area contributed by atoms with Crippen molar-refractivity contribution in [3.05, 3.63) is 28.8 Å². The van der Waals surface area contributed by atoms with E-state index in [1.54, 1.807) is 0 Å². The molecule has 0 aliphatic heterocycles. The highest BCUT2D eigenvalue weighted by Gasteiger charge is 2.29. The molecule has 1 aromatic carbocycles. The van der Waals surface area contributed by atoms with Gasteiger partial charge in [-0.25, -0.2) is 8.78 Å². The zero-order valence-electron chi connectivity index (χ0n) is 7.98. The van der Waals surface area contributed by atoms with Crippen LogP contribution in [0, 0.1) is 0 Å². The van der Waals surface area contributed by atoms with E-state index in [1.165, 1.54) is 32.2 Å². The normalized spacial score (nSPS) is 11.5. The molecule has 0 aliphatic rings. The second-order valence-corrected chi connectivity index (χ2v) is 3.31. The second kappa shape index (κ2) is 4.13. The van der Waals surface area contributed by atoms with Crippen LogP contribution in [0.15, 0.2) is 18.2 Å². The summed E-state index contributed by atoms with van der Waals surface area (Å²) >= 11 is 5.73. The number of rotatable bonds is 3. The van der Waals surface area contributed by atoms with Crippen LogP contribution in [0.4, 0.5) is 8.78 Å². The average Bonchev–Trinajstić information content (AvgIpc) is 2.17. The topological polar surface area (TPSA) is 9.23 Å². The molecule has 1 aromatic rings. The van der Waals surface area contributed by atoms with Crippen LogP contribution in [0.25, 0.3) is 0 Å². The molecule has 0 aliphatic carbocycles. The van der Waals surface area contributed by atoms with E-state index in [0.717, 1.165) is 0 Å². The molecule has 1 rings (SSSR count). The van der Waals surface area contributed by atoms with Crippen LogP contribution >= 0.6 is 11.6 Å². The van der Waals surface area contributed by atoms with Crippen molar-refractivity contribution in [2.75, 3.05) is 7.11 Å². The number of hydrogen-bond donors (Lipinski definition) is 0. The first-order chi connectivity index (χ1) is 6.51. The lowest BCUT2D eigenvalue weighted by Crippen LogP contribution is -2.11. The standard InChI is InChI=1S/C10H11ClF2O/c1-3-10(12,13)7-4-5-9(14-2)8(11)6-7/h4-6H,3H2,1-2H3. The number of ether oxygens (including phenoxy) is 1. The summed E-state index contributed by atoms with van der Waals surface area (Å²) in [6, 6.07) is 4.01. The number of alkyl halides is 2. The van der Waals surface area contributed by atoms with Gasteiger partial charge in [-0.15, -0.1) is 0 Å². The van der Waals surface area contributed by atoms with Crippen LogP contribution in [0.5, 0.6) is 5.75 Å². The van der Waals surface area contributed by atoms with Gasteiger partial charge in [0.05, 0.1) is 12.1 Å². The Morgan fingerprint density at radius 3 is 2.50 bits per heavy atom. The molecule has 0 radical (unpaired) electrons. The minimum atomic E-state index is -2.82. The highest BCUT2D eigenvalue weighted by molar-refractivity contribution is 6.32. The Morgan fingerprint density at radius 2 is 2.07 bits per heavy atom. The van der Waals surface area contributed by atoms with Crippen LogP contribution in [0.1, 0.15) is 18.9 Å². The van der Waals surface area contributed by atoms with Gasteiger partial charge in [-0.3, -0.25) is 0 Å². The summed E-state index contributed by atoms with van der Waals surface area (Å²) in [6.45, 7) is 1.43. The minimum absolute atomic E-state index is 0.0780. The summed E-state index contributed by atoms with van der Waals surface area (Å²) in [6.07, 6.45) is -0.240. The van der Waals surface area contributed by atoms with Crippen molar-refractivity contribution in [1.82, 2.24) is 0 Å². The third kappa shape index (κ3) is 2.15. The highest BCUT2D eigenvalue weighted by Crippen LogP contribution is 2.35. The Labute approximate surface area is 86.6 Å². The van der Waals surface area contributed by atoms with E-state index in [4.69, 9.17) is 16.3 Å². The first-order valence-corrected chi connectivity index (χ1v) is 4.61. The van der Waals surface area contributed by atoms with Crippen molar-refractivity contribution in [3.8, 4) is 5.75 Å². The summed E-state index contributed by atoms with van der Waals surface area (Å²) < 4.78 is 31.3. The maximum atomic E-state index is 13.2. The summed E-state index contributed by atoms with van der Waals surface area (Å²) in [7, 11) is 1.44. The SMILES string of the molecule is CCC(F)(F)c1ccc(OC)c(Cl)c1. The molecule has 0 heterocycles. The molecule has 0 saturated carbocycles. The second-order valence-electron chi connectivity index (χ2n) is 2.91. The van der Waals surface area contributed by atoms with E-state index in [9.17, 15) is 8.78 Å². The molecule has 0 spiro atoms. The third-order valence-corrected chi connectivity index (χ3v) is 2.31. The Hall–Kier alpha value is -0.830. The van der Waals surface area contributed by atoms with Crippen LogP contribution in [0.3, 0.4) is 0 Å². The maximum Gasteiger partial charge on any atom is 0.273 e. The summed E-state index contributed by atoms with van der Waals surface area (Å²) in [4.78, 5) is 0. The Bertz CT molecular complexity index is 326. The van der Waals surface area contributed by atoms with Gasteiger partial charge in [0.2, 0.25) is 0 Å². The molecule has 0 atom stereocenters. The van der Waals surface area contributed by atoms with Crippen LogP contribution in [0.2, 0.25) is 5.02 Å². The lowest BCUT2D eigenvalue weighted by Gasteiger charge is -2.15. The van der Waals surface area contributed by atoms with Crippen LogP contribution in [-0.2, 0) is 5.92 Å². The highest BCUT2D eigenvalue weighted by atomic mass is 35.5. The van der Waals surface area contributed by atoms with Gasteiger partial charge in [-0.2, -0.15) is 0 Å². The molecule has 14 heavy (non-hydrogen) atoms. The van der Waals surface area contributed by atoms with Crippen molar-refractivity contribution in [2.24, 2.45) is 0 Å².